The Kier molecular flexibility index (Phi) is 3.58. The van der Waals surface area contributed by atoms with E-state index < -0.39 is 0 Å². The van der Waals surface area contributed by atoms with Crippen LogP contribution in [0.15, 0.2) is 35.0 Å². The van der Waals surface area contributed by atoms with Gasteiger partial charge in [0.25, 0.3) is 0 Å². The summed E-state index contributed by atoms with van der Waals surface area (Å²) in [6.45, 7) is 4.18. The molecule has 114 valence electrons. The van der Waals surface area contributed by atoms with Crippen LogP contribution in [0.5, 0.6) is 0 Å². The van der Waals surface area contributed by atoms with Gasteiger partial charge in [-0.15, -0.1) is 0 Å². The molecule has 3 aromatic rings. The lowest BCUT2D eigenvalue weighted by atomic mass is 10.2. The summed E-state index contributed by atoms with van der Waals surface area (Å²) in [6.07, 6.45) is 1.86. The normalized spacial score (nSPS) is 10.9. The van der Waals surface area contributed by atoms with Crippen LogP contribution in [0.4, 0.5) is 10.5 Å². The van der Waals surface area contributed by atoms with Crippen molar-refractivity contribution in [3.05, 3.63) is 47.5 Å². The maximum atomic E-state index is 12.4. The lowest BCUT2D eigenvalue weighted by Crippen LogP contribution is -2.31. The van der Waals surface area contributed by atoms with Crippen molar-refractivity contribution >= 4 is 22.6 Å². The maximum absolute atomic E-state index is 12.4. The van der Waals surface area contributed by atoms with E-state index in [9.17, 15) is 4.79 Å². The molecule has 6 heteroatoms. The van der Waals surface area contributed by atoms with Crippen molar-refractivity contribution in [3.8, 4) is 0 Å². The molecule has 2 aromatic heterocycles. The molecule has 6 nitrogen and oxygen atoms in total. The monoisotopic (exact) mass is 298 g/mol. The second kappa shape index (κ2) is 5.55. The molecular weight excluding hydrogens is 280 g/mol. The van der Waals surface area contributed by atoms with E-state index in [1.165, 1.54) is 0 Å². The van der Waals surface area contributed by atoms with Gasteiger partial charge in [0, 0.05) is 29.7 Å². The Bertz CT molecular complexity index is 799. The molecule has 0 saturated carbocycles. The molecule has 0 unspecified atom stereocenters. The molecule has 2 N–H and O–H groups in total. The van der Waals surface area contributed by atoms with Crippen molar-refractivity contribution in [2.75, 3.05) is 12.4 Å². The lowest BCUT2D eigenvalue weighted by Gasteiger charge is -2.18. The van der Waals surface area contributed by atoms with Gasteiger partial charge in [0.1, 0.15) is 5.76 Å². The first-order valence-electron chi connectivity index (χ1n) is 7.06. The van der Waals surface area contributed by atoms with E-state index in [-0.39, 0.29) is 6.03 Å². The van der Waals surface area contributed by atoms with Crippen molar-refractivity contribution in [2.24, 2.45) is 0 Å². The third kappa shape index (κ3) is 2.55. The number of rotatable bonds is 3. The summed E-state index contributed by atoms with van der Waals surface area (Å²) in [7, 11) is 1.75. The Labute approximate surface area is 128 Å². The molecule has 3 rings (SSSR count). The fraction of sp³-hybridized carbons (Fsp3) is 0.250. The van der Waals surface area contributed by atoms with Gasteiger partial charge in [-0.25, -0.2) is 4.79 Å². The quantitative estimate of drug-likeness (QED) is 0.778. The lowest BCUT2D eigenvalue weighted by molar-refractivity contribution is 0.220. The molecule has 0 radical (unpaired) electrons. The van der Waals surface area contributed by atoms with Crippen molar-refractivity contribution < 1.29 is 9.32 Å². The van der Waals surface area contributed by atoms with Gasteiger partial charge in [0.15, 0.2) is 0 Å². The number of aromatic nitrogens is 2. The Morgan fingerprint density at radius 3 is 2.91 bits per heavy atom. The predicted octanol–water partition coefficient (Wildman–Crippen LogP) is 3.44. The molecule has 22 heavy (non-hydrogen) atoms. The molecule has 0 aliphatic rings. The first-order chi connectivity index (χ1) is 10.6. The van der Waals surface area contributed by atoms with Crippen LogP contribution in [0, 0.1) is 13.8 Å². The number of carbonyl (C=O) groups is 1. The zero-order valence-electron chi connectivity index (χ0n) is 12.8. The number of urea groups is 1. The molecule has 2 heterocycles. The summed E-state index contributed by atoms with van der Waals surface area (Å²) < 4.78 is 5.13. The Balaban J connectivity index is 1.75. The van der Waals surface area contributed by atoms with Crippen LogP contribution in [-0.4, -0.2) is 28.1 Å². The maximum Gasteiger partial charge on any atom is 0.321 e. The molecule has 0 aliphatic carbocycles. The average Bonchev–Trinajstić information content (AvgIpc) is 3.09. The van der Waals surface area contributed by atoms with Gasteiger partial charge in [-0.05, 0) is 32.0 Å². The van der Waals surface area contributed by atoms with E-state index in [1.807, 2.05) is 44.3 Å². The highest BCUT2D eigenvalue weighted by Gasteiger charge is 2.16. The van der Waals surface area contributed by atoms with Crippen LogP contribution in [0.3, 0.4) is 0 Å². The van der Waals surface area contributed by atoms with Gasteiger partial charge >= 0.3 is 6.03 Å². The molecule has 0 bridgehead atoms. The van der Waals surface area contributed by atoms with Crippen LogP contribution in [-0.2, 0) is 6.54 Å². The number of anilines is 1. The van der Waals surface area contributed by atoms with E-state index in [0.29, 0.717) is 6.54 Å². The van der Waals surface area contributed by atoms with Crippen molar-refractivity contribution in [3.63, 3.8) is 0 Å². The molecule has 1 aromatic carbocycles. The summed E-state index contributed by atoms with van der Waals surface area (Å²) in [5, 5.41) is 7.83. The Morgan fingerprint density at radius 2 is 2.18 bits per heavy atom. The van der Waals surface area contributed by atoms with Crippen molar-refractivity contribution in [2.45, 2.75) is 20.4 Å². The van der Waals surface area contributed by atoms with E-state index in [4.69, 9.17) is 4.52 Å². The molecule has 0 saturated heterocycles. The summed E-state index contributed by atoms with van der Waals surface area (Å²) in [5.74, 6) is 0.741. The molecule has 2 amide bonds. The third-order valence-corrected chi connectivity index (χ3v) is 3.76. The predicted molar refractivity (Wildman–Crippen MR) is 84.8 cm³/mol. The second-order valence-electron chi connectivity index (χ2n) is 5.33. The van der Waals surface area contributed by atoms with Crippen LogP contribution in [0.1, 0.15) is 17.0 Å². The number of nitrogens with one attached hydrogen (secondary N) is 2. The minimum atomic E-state index is -0.172. The van der Waals surface area contributed by atoms with Gasteiger partial charge in [0.05, 0.1) is 17.9 Å². The highest BCUT2D eigenvalue weighted by molar-refractivity contribution is 6.00. The van der Waals surface area contributed by atoms with Crippen LogP contribution in [0.25, 0.3) is 10.9 Å². The summed E-state index contributed by atoms with van der Waals surface area (Å²) in [5.41, 5.74) is 3.53. The largest absolute Gasteiger partial charge is 0.361 e. The molecule has 0 fully saturated rings. The van der Waals surface area contributed by atoms with E-state index in [0.717, 1.165) is 33.6 Å². The van der Waals surface area contributed by atoms with Gasteiger partial charge in [-0.3, -0.25) is 0 Å². The zero-order valence-corrected chi connectivity index (χ0v) is 12.8. The van der Waals surface area contributed by atoms with Crippen LogP contribution in [0.2, 0.25) is 0 Å². The highest BCUT2D eigenvalue weighted by atomic mass is 16.5. The van der Waals surface area contributed by atoms with Crippen LogP contribution >= 0.6 is 0 Å². The number of hydrogen-bond donors (Lipinski definition) is 2. The van der Waals surface area contributed by atoms with E-state index >= 15 is 0 Å². The number of carbonyl (C=O) groups excluding carboxylic acids is 1. The second-order valence-corrected chi connectivity index (χ2v) is 5.33. The number of aryl methyl sites for hydroxylation is 2. The molecule has 0 spiro atoms. The van der Waals surface area contributed by atoms with Gasteiger partial charge in [-0.2, -0.15) is 0 Å². The fourth-order valence-corrected chi connectivity index (χ4v) is 2.44. The van der Waals surface area contributed by atoms with Gasteiger partial charge < -0.3 is 19.7 Å². The zero-order chi connectivity index (χ0) is 15.7. The number of H-pyrrole nitrogens is 1. The Morgan fingerprint density at radius 1 is 1.36 bits per heavy atom. The van der Waals surface area contributed by atoms with E-state index in [2.05, 4.69) is 15.5 Å². The summed E-state index contributed by atoms with van der Waals surface area (Å²) in [4.78, 5) is 17.1. The number of nitrogens with zero attached hydrogens (tertiary/aromatic N) is 2. The van der Waals surface area contributed by atoms with Crippen LogP contribution < -0.4 is 5.32 Å². The number of fused-ring (bicyclic) bond motifs is 1. The van der Waals surface area contributed by atoms with Gasteiger partial charge in [0.2, 0.25) is 0 Å². The third-order valence-electron chi connectivity index (χ3n) is 3.76. The smallest absolute Gasteiger partial charge is 0.321 e. The first kappa shape index (κ1) is 14.2. The first-order valence-corrected chi connectivity index (χ1v) is 7.06. The average molecular weight is 298 g/mol. The highest BCUT2D eigenvalue weighted by Crippen LogP contribution is 2.22. The van der Waals surface area contributed by atoms with Gasteiger partial charge in [-0.1, -0.05) is 11.2 Å². The molecule has 0 aliphatic heterocycles. The number of amides is 2. The summed E-state index contributed by atoms with van der Waals surface area (Å²) in [6, 6.07) is 7.53. The SMILES string of the molecule is Cc1noc(C)c1CN(C)C(=O)Nc1cccc2[nH]ccc12. The molecular formula is C16H18N4O2. The van der Waals surface area contributed by atoms with Crippen molar-refractivity contribution in [1.82, 2.24) is 15.0 Å². The number of benzene rings is 1. The molecule has 0 atom stereocenters. The number of hydrogen-bond acceptors (Lipinski definition) is 3. The minimum absolute atomic E-state index is 0.172. The summed E-state index contributed by atoms with van der Waals surface area (Å²) >= 11 is 0. The minimum Gasteiger partial charge on any atom is -0.361 e. The van der Waals surface area contributed by atoms with Crippen molar-refractivity contribution in [1.29, 1.82) is 0 Å². The topological polar surface area (TPSA) is 74.2 Å². The number of aromatic amines is 1. The fourth-order valence-electron chi connectivity index (χ4n) is 2.44. The standard InChI is InChI=1S/C16H18N4O2/c1-10-13(11(2)22-19-10)9-20(3)16(21)18-15-6-4-5-14-12(15)7-8-17-14/h4-8,17H,9H2,1-3H3,(H,18,21). The Hall–Kier alpha value is -2.76. The van der Waals surface area contributed by atoms with E-state index in [1.54, 1.807) is 11.9 Å².